The minimum Gasteiger partial charge on any atom is -0.303 e. The van der Waals surface area contributed by atoms with Gasteiger partial charge in [0.2, 0.25) is 0 Å². The first-order valence-electron chi connectivity index (χ1n) is 6.78. The van der Waals surface area contributed by atoms with Crippen molar-refractivity contribution in [1.82, 2.24) is 9.88 Å². The summed E-state index contributed by atoms with van der Waals surface area (Å²) >= 11 is 0. The van der Waals surface area contributed by atoms with Crippen LogP contribution in [0.5, 0.6) is 0 Å². The molecule has 1 saturated carbocycles. The van der Waals surface area contributed by atoms with Gasteiger partial charge in [-0.1, -0.05) is 25.3 Å². The van der Waals surface area contributed by atoms with Crippen molar-refractivity contribution in [3.63, 3.8) is 0 Å². The van der Waals surface area contributed by atoms with E-state index in [9.17, 15) is 4.79 Å². The van der Waals surface area contributed by atoms with Crippen molar-refractivity contribution >= 4 is 6.29 Å². The molecule has 1 aliphatic carbocycles. The van der Waals surface area contributed by atoms with E-state index in [0.29, 0.717) is 0 Å². The number of rotatable bonds is 5. The van der Waals surface area contributed by atoms with Gasteiger partial charge in [0.25, 0.3) is 0 Å². The maximum absolute atomic E-state index is 11.4. The molecular formula is C15H22N2O. The lowest BCUT2D eigenvalue weighted by Crippen LogP contribution is -2.38. The molecule has 0 aromatic carbocycles. The Morgan fingerprint density at radius 1 is 1.39 bits per heavy atom. The van der Waals surface area contributed by atoms with Gasteiger partial charge in [-0.2, -0.15) is 0 Å². The van der Waals surface area contributed by atoms with Crippen LogP contribution in [0.25, 0.3) is 0 Å². The molecule has 0 bridgehead atoms. The van der Waals surface area contributed by atoms with E-state index in [1.165, 1.54) is 31.1 Å². The zero-order chi connectivity index (χ0) is 12.8. The van der Waals surface area contributed by atoms with E-state index in [-0.39, 0.29) is 5.41 Å². The van der Waals surface area contributed by atoms with Crippen LogP contribution in [0.3, 0.4) is 0 Å². The van der Waals surface area contributed by atoms with Gasteiger partial charge in [-0.3, -0.25) is 4.98 Å². The summed E-state index contributed by atoms with van der Waals surface area (Å²) in [6.45, 7) is 1.73. The molecule has 0 saturated heterocycles. The van der Waals surface area contributed by atoms with E-state index in [1.807, 2.05) is 12.3 Å². The molecule has 0 aliphatic heterocycles. The molecule has 2 rings (SSSR count). The maximum atomic E-state index is 11.4. The molecule has 0 atom stereocenters. The predicted molar refractivity (Wildman–Crippen MR) is 72.2 cm³/mol. The second-order valence-electron chi connectivity index (χ2n) is 5.57. The highest BCUT2D eigenvalue weighted by molar-refractivity contribution is 5.60. The molecule has 1 aliphatic rings. The van der Waals surface area contributed by atoms with Gasteiger partial charge in [0.15, 0.2) is 0 Å². The second kappa shape index (κ2) is 6.10. The number of hydrogen-bond donors (Lipinski definition) is 0. The summed E-state index contributed by atoms with van der Waals surface area (Å²) in [6.07, 6.45) is 10.6. The molecule has 0 amide bonds. The highest BCUT2D eigenvalue weighted by Gasteiger charge is 2.32. The third-order valence-electron chi connectivity index (χ3n) is 3.86. The van der Waals surface area contributed by atoms with E-state index in [2.05, 4.69) is 23.0 Å². The second-order valence-corrected chi connectivity index (χ2v) is 5.57. The molecule has 0 radical (unpaired) electrons. The van der Waals surface area contributed by atoms with Crippen molar-refractivity contribution in [1.29, 1.82) is 0 Å². The Morgan fingerprint density at radius 2 is 2.17 bits per heavy atom. The van der Waals surface area contributed by atoms with Crippen LogP contribution in [0.4, 0.5) is 0 Å². The average molecular weight is 246 g/mol. The Hall–Kier alpha value is -1.22. The molecule has 1 heterocycles. The van der Waals surface area contributed by atoms with Crippen LogP contribution in [0.2, 0.25) is 0 Å². The third-order valence-corrected chi connectivity index (χ3v) is 3.86. The minimum absolute atomic E-state index is 0.102. The topological polar surface area (TPSA) is 33.2 Å². The number of nitrogens with zero attached hydrogens (tertiary/aromatic N) is 2. The van der Waals surface area contributed by atoms with Crippen LogP contribution in [0, 0.1) is 5.41 Å². The zero-order valence-corrected chi connectivity index (χ0v) is 11.1. The van der Waals surface area contributed by atoms with Crippen LogP contribution >= 0.6 is 0 Å². The largest absolute Gasteiger partial charge is 0.303 e. The fourth-order valence-electron chi connectivity index (χ4n) is 2.97. The molecule has 3 nitrogen and oxygen atoms in total. The lowest BCUT2D eigenvalue weighted by atomic mass is 9.75. The van der Waals surface area contributed by atoms with Crippen molar-refractivity contribution in [2.24, 2.45) is 5.41 Å². The molecule has 18 heavy (non-hydrogen) atoms. The van der Waals surface area contributed by atoms with E-state index in [1.54, 1.807) is 6.20 Å². The average Bonchev–Trinajstić information content (AvgIpc) is 2.41. The summed E-state index contributed by atoms with van der Waals surface area (Å²) in [5.41, 5.74) is 1.10. The van der Waals surface area contributed by atoms with Gasteiger partial charge in [0.05, 0.1) is 0 Å². The van der Waals surface area contributed by atoms with Crippen molar-refractivity contribution in [2.75, 3.05) is 13.6 Å². The molecule has 3 heteroatoms. The molecule has 1 aromatic rings. The predicted octanol–water partition coefficient (Wildman–Crippen LogP) is 2.66. The van der Waals surface area contributed by atoms with Crippen molar-refractivity contribution in [3.8, 4) is 0 Å². The van der Waals surface area contributed by atoms with E-state index in [0.717, 1.165) is 25.9 Å². The normalized spacial score (nSPS) is 18.8. The van der Waals surface area contributed by atoms with Gasteiger partial charge < -0.3 is 9.69 Å². The quantitative estimate of drug-likeness (QED) is 0.749. The Bertz CT molecular complexity index is 371. The van der Waals surface area contributed by atoms with Gasteiger partial charge >= 0.3 is 0 Å². The molecule has 1 fully saturated rings. The summed E-state index contributed by atoms with van der Waals surface area (Å²) in [5, 5.41) is 0. The van der Waals surface area contributed by atoms with E-state index < -0.39 is 0 Å². The standard InChI is InChI=1S/C15H22N2O/c1-17(11-14-6-5-9-16-10-14)12-15(13-18)7-3-2-4-8-15/h5-6,9-10,13H,2-4,7-8,11-12H2,1H3. The Morgan fingerprint density at radius 3 is 2.78 bits per heavy atom. The monoisotopic (exact) mass is 246 g/mol. The maximum Gasteiger partial charge on any atom is 0.127 e. The summed E-state index contributed by atoms with van der Waals surface area (Å²) in [5.74, 6) is 0. The zero-order valence-electron chi connectivity index (χ0n) is 11.1. The third kappa shape index (κ3) is 3.39. The number of carbonyl (C=O) groups excluding carboxylic acids is 1. The van der Waals surface area contributed by atoms with Gasteiger partial charge in [-0.25, -0.2) is 0 Å². The summed E-state index contributed by atoms with van der Waals surface area (Å²) in [7, 11) is 2.09. The summed E-state index contributed by atoms with van der Waals surface area (Å²) < 4.78 is 0. The first-order valence-corrected chi connectivity index (χ1v) is 6.78. The molecule has 0 N–H and O–H groups in total. The number of aromatic nitrogens is 1. The van der Waals surface area contributed by atoms with E-state index >= 15 is 0 Å². The molecule has 0 spiro atoms. The van der Waals surface area contributed by atoms with Crippen LogP contribution in [0.15, 0.2) is 24.5 Å². The van der Waals surface area contributed by atoms with Crippen LogP contribution in [-0.4, -0.2) is 29.8 Å². The van der Waals surface area contributed by atoms with Crippen LogP contribution < -0.4 is 0 Å². The van der Waals surface area contributed by atoms with Gasteiger partial charge in [-0.05, 0) is 31.5 Å². The highest BCUT2D eigenvalue weighted by Crippen LogP contribution is 2.35. The van der Waals surface area contributed by atoms with Crippen molar-refractivity contribution < 1.29 is 4.79 Å². The van der Waals surface area contributed by atoms with Gasteiger partial charge in [-0.15, -0.1) is 0 Å². The smallest absolute Gasteiger partial charge is 0.127 e. The summed E-state index contributed by atoms with van der Waals surface area (Å²) in [6, 6.07) is 4.04. The number of carbonyl (C=O) groups is 1. The van der Waals surface area contributed by atoms with Crippen LogP contribution in [0.1, 0.15) is 37.7 Å². The highest BCUT2D eigenvalue weighted by atomic mass is 16.1. The Kier molecular flexibility index (Phi) is 4.48. The molecule has 98 valence electrons. The minimum atomic E-state index is -0.102. The fraction of sp³-hybridized carbons (Fsp3) is 0.600. The Balaban J connectivity index is 1.93. The lowest BCUT2D eigenvalue weighted by Gasteiger charge is -2.35. The van der Waals surface area contributed by atoms with Gasteiger partial charge in [0, 0.05) is 30.9 Å². The first kappa shape index (κ1) is 13.2. The Labute approximate surface area is 109 Å². The molecule has 0 unspecified atom stereocenters. The lowest BCUT2D eigenvalue weighted by molar-refractivity contribution is -0.119. The SMILES string of the molecule is CN(Cc1cccnc1)CC1(C=O)CCCCC1. The molecular weight excluding hydrogens is 224 g/mol. The molecule has 1 aromatic heterocycles. The van der Waals surface area contributed by atoms with Crippen molar-refractivity contribution in [3.05, 3.63) is 30.1 Å². The van der Waals surface area contributed by atoms with Crippen molar-refractivity contribution in [2.45, 2.75) is 38.6 Å². The van der Waals surface area contributed by atoms with Crippen LogP contribution in [-0.2, 0) is 11.3 Å². The fourth-order valence-corrected chi connectivity index (χ4v) is 2.97. The number of hydrogen-bond acceptors (Lipinski definition) is 3. The number of aldehydes is 1. The first-order chi connectivity index (χ1) is 8.74. The van der Waals surface area contributed by atoms with E-state index in [4.69, 9.17) is 0 Å². The summed E-state index contributed by atoms with van der Waals surface area (Å²) in [4.78, 5) is 17.8. The van der Waals surface area contributed by atoms with Gasteiger partial charge in [0.1, 0.15) is 6.29 Å². The number of pyridine rings is 1.